The van der Waals surface area contributed by atoms with E-state index < -0.39 is 0 Å². The van der Waals surface area contributed by atoms with E-state index in [0.717, 1.165) is 21.9 Å². The summed E-state index contributed by atoms with van der Waals surface area (Å²) in [6.45, 7) is 4.30. The highest BCUT2D eigenvalue weighted by Crippen LogP contribution is 2.35. The first-order valence-corrected chi connectivity index (χ1v) is 13.3. The van der Waals surface area contributed by atoms with Crippen molar-refractivity contribution in [2.75, 3.05) is 65.9 Å². The molecule has 11 nitrogen and oxygen atoms in total. The van der Waals surface area contributed by atoms with Gasteiger partial charge < -0.3 is 29.0 Å². The lowest BCUT2D eigenvalue weighted by Crippen LogP contribution is -2.27. The van der Waals surface area contributed by atoms with E-state index >= 15 is 0 Å². The van der Waals surface area contributed by atoms with Crippen molar-refractivity contribution in [3.8, 4) is 5.75 Å². The number of amides is 1. The Balaban J connectivity index is 1.31. The van der Waals surface area contributed by atoms with Gasteiger partial charge in [0.2, 0.25) is 0 Å². The molecular weight excluding hydrogens is 524 g/mol. The summed E-state index contributed by atoms with van der Waals surface area (Å²) in [5, 5.41) is 6.95. The standard InChI is InChI=1S/C27H32N4O7S/c28-31-30-9-11-35-13-15-37-17-16-36-14-12-34-10-8-29-27(33)25-18-23-24(7-6-22(19-32)26(23)39-25)38-20-21-4-2-1-3-5-21/h1-7,18-19H,8-17,20H2,(H,29,33). The third-order valence-electron chi connectivity index (χ3n) is 5.31. The number of benzene rings is 2. The van der Waals surface area contributed by atoms with Crippen LogP contribution in [-0.2, 0) is 25.6 Å². The Labute approximate surface area is 230 Å². The second-order valence-corrected chi connectivity index (χ2v) is 9.11. The average molecular weight is 557 g/mol. The number of fused-ring (bicyclic) bond motifs is 1. The lowest BCUT2D eigenvalue weighted by Gasteiger charge is -2.08. The van der Waals surface area contributed by atoms with Gasteiger partial charge in [-0.2, -0.15) is 0 Å². The maximum atomic E-state index is 12.7. The number of carbonyl (C=O) groups excluding carboxylic acids is 2. The topological polar surface area (TPSA) is 141 Å². The molecule has 0 aliphatic heterocycles. The smallest absolute Gasteiger partial charge is 0.261 e. The zero-order chi connectivity index (χ0) is 27.5. The minimum atomic E-state index is -0.235. The first kappa shape index (κ1) is 30.0. The lowest BCUT2D eigenvalue weighted by atomic mass is 10.1. The number of rotatable bonds is 20. The second kappa shape index (κ2) is 17.9. The third kappa shape index (κ3) is 10.6. The predicted molar refractivity (Wildman–Crippen MR) is 148 cm³/mol. The van der Waals surface area contributed by atoms with Crippen molar-refractivity contribution in [2.45, 2.75) is 6.61 Å². The van der Waals surface area contributed by atoms with Crippen LogP contribution in [0.4, 0.5) is 0 Å². The first-order chi connectivity index (χ1) is 19.2. The normalized spacial score (nSPS) is 10.8. The molecule has 0 unspecified atom stereocenters. The molecule has 12 heteroatoms. The second-order valence-electron chi connectivity index (χ2n) is 8.06. The molecule has 1 aromatic heterocycles. The summed E-state index contributed by atoms with van der Waals surface area (Å²) < 4.78 is 28.2. The molecule has 0 saturated carbocycles. The van der Waals surface area contributed by atoms with Crippen LogP contribution in [0.3, 0.4) is 0 Å². The summed E-state index contributed by atoms with van der Waals surface area (Å²) in [6.07, 6.45) is 0.786. The molecule has 0 atom stereocenters. The molecule has 0 radical (unpaired) electrons. The monoisotopic (exact) mass is 556 g/mol. The van der Waals surface area contributed by atoms with E-state index in [4.69, 9.17) is 29.2 Å². The molecule has 3 rings (SSSR count). The van der Waals surface area contributed by atoms with Gasteiger partial charge in [-0.15, -0.1) is 11.3 Å². The fraction of sp³-hybridized carbons (Fsp3) is 0.407. The van der Waals surface area contributed by atoms with Crippen molar-refractivity contribution >= 4 is 33.6 Å². The summed E-state index contributed by atoms with van der Waals surface area (Å²) in [7, 11) is 0. The van der Waals surface area contributed by atoms with Crippen molar-refractivity contribution in [3.63, 3.8) is 0 Å². The van der Waals surface area contributed by atoms with Crippen LogP contribution < -0.4 is 10.1 Å². The molecule has 39 heavy (non-hydrogen) atoms. The van der Waals surface area contributed by atoms with Gasteiger partial charge in [0, 0.05) is 33.7 Å². The summed E-state index contributed by atoms with van der Waals surface area (Å²) >= 11 is 1.26. The summed E-state index contributed by atoms with van der Waals surface area (Å²) in [5.41, 5.74) is 9.69. The summed E-state index contributed by atoms with van der Waals surface area (Å²) in [4.78, 5) is 27.4. The van der Waals surface area contributed by atoms with Crippen molar-refractivity contribution in [2.24, 2.45) is 5.11 Å². The number of nitrogens with zero attached hydrogens (tertiary/aromatic N) is 3. The number of hydrogen-bond donors (Lipinski definition) is 1. The zero-order valence-corrected chi connectivity index (χ0v) is 22.4. The van der Waals surface area contributed by atoms with Crippen LogP contribution in [0.15, 0.2) is 53.6 Å². The average Bonchev–Trinajstić information content (AvgIpc) is 3.42. The van der Waals surface area contributed by atoms with E-state index in [0.29, 0.717) is 88.7 Å². The van der Waals surface area contributed by atoms with E-state index in [1.807, 2.05) is 30.3 Å². The minimum Gasteiger partial charge on any atom is -0.488 e. The minimum absolute atomic E-state index is 0.235. The van der Waals surface area contributed by atoms with Crippen LogP contribution >= 0.6 is 11.3 Å². The number of azide groups is 1. The van der Waals surface area contributed by atoms with Crippen molar-refractivity contribution < 1.29 is 33.3 Å². The predicted octanol–water partition coefficient (Wildman–Crippen LogP) is 4.40. The Morgan fingerprint density at radius 2 is 1.59 bits per heavy atom. The van der Waals surface area contributed by atoms with Gasteiger partial charge in [0.05, 0.1) is 57.7 Å². The quantitative estimate of drug-likeness (QED) is 0.0715. The highest BCUT2D eigenvalue weighted by Gasteiger charge is 2.16. The molecule has 1 amide bonds. The van der Waals surface area contributed by atoms with Crippen LogP contribution in [0.1, 0.15) is 25.6 Å². The van der Waals surface area contributed by atoms with Gasteiger partial charge in [-0.25, -0.2) is 0 Å². The molecular formula is C27H32N4O7S. The lowest BCUT2D eigenvalue weighted by molar-refractivity contribution is -0.000570. The zero-order valence-electron chi connectivity index (χ0n) is 21.6. The van der Waals surface area contributed by atoms with Crippen LogP contribution in [0, 0.1) is 0 Å². The van der Waals surface area contributed by atoms with Gasteiger partial charge in [0.1, 0.15) is 12.4 Å². The molecule has 0 fully saturated rings. The number of aldehydes is 1. The third-order valence-corrected chi connectivity index (χ3v) is 6.49. The number of hydrogen-bond acceptors (Lipinski definition) is 9. The Morgan fingerprint density at radius 3 is 2.26 bits per heavy atom. The highest BCUT2D eigenvalue weighted by atomic mass is 32.1. The van der Waals surface area contributed by atoms with E-state index in [2.05, 4.69) is 15.3 Å². The van der Waals surface area contributed by atoms with Gasteiger partial charge in [-0.3, -0.25) is 9.59 Å². The van der Waals surface area contributed by atoms with E-state index in [1.165, 1.54) is 11.3 Å². The Kier molecular flexibility index (Phi) is 13.8. The van der Waals surface area contributed by atoms with Crippen LogP contribution in [0.25, 0.3) is 20.5 Å². The molecule has 1 heterocycles. The fourth-order valence-corrected chi connectivity index (χ4v) is 4.49. The van der Waals surface area contributed by atoms with Gasteiger partial charge in [-0.1, -0.05) is 35.4 Å². The maximum Gasteiger partial charge on any atom is 0.261 e. The molecule has 0 aliphatic rings. The molecule has 0 saturated heterocycles. The van der Waals surface area contributed by atoms with Gasteiger partial charge >= 0.3 is 0 Å². The maximum absolute atomic E-state index is 12.7. The van der Waals surface area contributed by atoms with E-state index in [1.54, 1.807) is 18.2 Å². The number of carbonyl (C=O) groups is 2. The van der Waals surface area contributed by atoms with E-state index in [-0.39, 0.29) is 5.91 Å². The first-order valence-electron chi connectivity index (χ1n) is 12.5. The molecule has 3 aromatic rings. The number of thiophene rings is 1. The molecule has 0 spiro atoms. The Hall–Kier alpha value is -3.51. The molecule has 0 bridgehead atoms. The Bertz CT molecular complexity index is 1220. The molecule has 0 aliphatic carbocycles. The summed E-state index contributed by atoms with van der Waals surface area (Å²) in [5.74, 6) is 0.389. The Morgan fingerprint density at radius 1 is 0.923 bits per heavy atom. The highest BCUT2D eigenvalue weighted by molar-refractivity contribution is 7.21. The number of nitrogens with one attached hydrogen (secondary N) is 1. The molecule has 208 valence electrons. The van der Waals surface area contributed by atoms with Crippen molar-refractivity contribution in [3.05, 3.63) is 75.0 Å². The fourth-order valence-electron chi connectivity index (χ4n) is 3.42. The van der Waals surface area contributed by atoms with Crippen LogP contribution in [-0.4, -0.2) is 78.1 Å². The van der Waals surface area contributed by atoms with Gasteiger partial charge in [0.25, 0.3) is 5.91 Å². The largest absolute Gasteiger partial charge is 0.488 e. The van der Waals surface area contributed by atoms with Crippen molar-refractivity contribution in [1.29, 1.82) is 0 Å². The van der Waals surface area contributed by atoms with Gasteiger partial charge in [0.15, 0.2) is 6.29 Å². The van der Waals surface area contributed by atoms with Crippen LogP contribution in [0.5, 0.6) is 5.75 Å². The van der Waals surface area contributed by atoms with Gasteiger partial charge in [-0.05, 0) is 29.3 Å². The van der Waals surface area contributed by atoms with Crippen LogP contribution in [0.2, 0.25) is 0 Å². The summed E-state index contributed by atoms with van der Waals surface area (Å²) in [6, 6.07) is 15.0. The SMILES string of the molecule is [N-]=[N+]=NCCOCCOCCOCCOCCNC(=O)c1cc2c(OCc3ccccc3)ccc(C=O)c2s1. The molecule has 1 N–H and O–H groups in total. The van der Waals surface area contributed by atoms with E-state index in [9.17, 15) is 9.59 Å². The number of ether oxygens (including phenoxy) is 5. The molecule has 2 aromatic carbocycles. The van der Waals surface area contributed by atoms with Crippen molar-refractivity contribution in [1.82, 2.24) is 5.32 Å².